The number of rotatable bonds is 5. The van der Waals surface area contributed by atoms with Gasteiger partial charge in [-0.2, -0.15) is 5.10 Å². The summed E-state index contributed by atoms with van der Waals surface area (Å²) in [5.41, 5.74) is 3.62. The molecule has 2 aromatic heterocycles. The third kappa shape index (κ3) is 4.71. The van der Waals surface area contributed by atoms with Gasteiger partial charge < -0.3 is 14.5 Å². The van der Waals surface area contributed by atoms with E-state index < -0.39 is 0 Å². The van der Waals surface area contributed by atoms with Crippen LogP contribution in [0.2, 0.25) is 0 Å². The van der Waals surface area contributed by atoms with Crippen LogP contribution in [0.5, 0.6) is 11.5 Å². The van der Waals surface area contributed by atoms with Crippen molar-refractivity contribution in [1.82, 2.24) is 19.7 Å². The largest absolute Gasteiger partial charge is 0.457 e. The lowest BCUT2D eigenvalue weighted by Crippen LogP contribution is -2.40. The molecule has 0 radical (unpaired) electrons. The molecule has 1 saturated heterocycles. The van der Waals surface area contributed by atoms with Gasteiger partial charge in [0, 0.05) is 75.6 Å². The van der Waals surface area contributed by atoms with E-state index in [9.17, 15) is 4.79 Å². The van der Waals surface area contributed by atoms with Gasteiger partial charge in [-0.3, -0.25) is 14.5 Å². The van der Waals surface area contributed by atoms with Gasteiger partial charge in [-0.1, -0.05) is 0 Å². The van der Waals surface area contributed by atoms with Crippen molar-refractivity contribution in [3.05, 3.63) is 65.7 Å². The lowest BCUT2D eigenvalue weighted by molar-refractivity contribution is 0.0694. The predicted octanol–water partition coefficient (Wildman–Crippen LogP) is 4.00. The Bertz CT molecular complexity index is 1060. The summed E-state index contributed by atoms with van der Waals surface area (Å²) in [4.78, 5) is 21.7. The molecule has 0 saturated carbocycles. The summed E-state index contributed by atoms with van der Waals surface area (Å²) < 4.78 is 7.75. The van der Waals surface area contributed by atoms with Crippen LogP contribution in [0.1, 0.15) is 40.6 Å². The van der Waals surface area contributed by atoms with Crippen LogP contribution in [0.4, 0.5) is 5.69 Å². The highest BCUT2D eigenvalue weighted by Crippen LogP contribution is 2.31. The number of amides is 1. The maximum atomic E-state index is 12.9. The quantitative estimate of drug-likeness (QED) is 0.625. The van der Waals surface area contributed by atoms with E-state index in [-0.39, 0.29) is 11.8 Å². The number of piperidine rings is 1. The predicted molar refractivity (Wildman–Crippen MR) is 121 cm³/mol. The number of aryl methyl sites for hydroxylation is 2. The summed E-state index contributed by atoms with van der Waals surface area (Å²) in [6, 6.07) is 13.7. The van der Waals surface area contributed by atoms with Crippen molar-refractivity contribution in [2.75, 3.05) is 32.1 Å². The zero-order valence-corrected chi connectivity index (χ0v) is 18.6. The van der Waals surface area contributed by atoms with Gasteiger partial charge in [0.25, 0.3) is 5.91 Å². The van der Waals surface area contributed by atoms with Crippen molar-refractivity contribution in [2.45, 2.75) is 25.7 Å². The van der Waals surface area contributed by atoms with Crippen molar-refractivity contribution in [1.29, 1.82) is 0 Å². The van der Waals surface area contributed by atoms with Crippen molar-refractivity contribution in [2.24, 2.45) is 7.05 Å². The third-order valence-electron chi connectivity index (χ3n) is 5.70. The van der Waals surface area contributed by atoms with Crippen molar-refractivity contribution in [3.63, 3.8) is 0 Å². The lowest BCUT2D eigenvalue weighted by atomic mass is 9.93. The highest BCUT2D eigenvalue weighted by atomic mass is 16.5. The molecule has 0 bridgehead atoms. The van der Waals surface area contributed by atoms with Crippen LogP contribution in [0, 0.1) is 6.92 Å². The van der Waals surface area contributed by atoms with E-state index in [0.717, 1.165) is 48.0 Å². The molecular weight excluding hydrogens is 390 g/mol. The van der Waals surface area contributed by atoms with E-state index in [1.807, 2.05) is 62.3 Å². The molecule has 0 N–H and O–H groups in total. The number of likely N-dealkylation sites (tertiary alicyclic amines) is 1. The molecule has 7 heteroatoms. The number of carbonyl (C=O) groups excluding carboxylic acids is 1. The minimum atomic E-state index is 0.0230. The first kappa shape index (κ1) is 20.9. The van der Waals surface area contributed by atoms with Crippen LogP contribution in [0.25, 0.3) is 0 Å². The van der Waals surface area contributed by atoms with Crippen LogP contribution in [0.15, 0.2) is 48.7 Å². The van der Waals surface area contributed by atoms with E-state index >= 15 is 0 Å². The topological polar surface area (TPSA) is 63.5 Å². The van der Waals surface area contributed by atoms with Gasteiger partial charge in [0.15, 0.2) is 0 Å². The van der Waals surface area contributed by atoms with Crippen LogP contribution in [-0.4, -0.2) is 52.8 Å². The molecule has 0 spiro atoms. The van der Waals surface area contributed by atoms with Gasteiger partial charge in [-0.15, -0.1) is 0 Å². The Morgan fingerprint density at radius 1 is 1.13 bits per heavy atom. The summed E-state index contributed by atoms with van der Waals surface area (Å²) in [6.45, 7) is 3.39. The smallest absolute Gasteiger partial charge is 0.272 e. The molecule has 7 nitrogen and oxygen atoms in total. The van der Waals surface area contributed by atoms with E-state index in [1.165, 1.54) is 0 Å². The summed E-state index contributed by atoms with van der Waals surface area (Å²) in [7, 11) is 5.83. The Kier molecular flexibility index (Phi) is 5.93. The van der Waals surface area contributed by atoms with Gasteiger partial charge in [0.1, 0.15) is 17.2 Å². The molecule has 3 aromatic rings. The summed E-state index contributed by atoms with van der Waals surface area (Å²) in [5, 5.41) is 4.13. The number of anilines is 1. The molecule has 4 rings (SSSR count). The second-order valence-corrected chi connectivity index (χ2v) is 8.29. The van der Waals surface area contributed by atoms with E-state index in [2.05, 4.69) is 10.00 Å². The standard InChI is InChI=1S/C24H29N5O2/c1-17-14-21(31-20-9-7-19(8-10-20)27(2)3)15-22(26-17)18-6-5-13-29(16-18)24(30)23-11-12-25-28(23)4/h7-12,14-15,18H,5-6,13,16H2,1-4H3/t18-/m1/s1. The molecule has 0 unspecified atom stereocenters. The second-order valence-electron chi connectivity index (χ2n) is 8.29. The molecule has 1 atom stereocenters. The molecule has 1 aliphatic rings. The Morgan fingerprint density at radius 2 is 1.90 bits per heavy atom. The minimum absolute atomic E-state index is 0.0230. The van der Waals surface area contributed by atoms with E-state index in [4.69, 9.17) is 9.72 Å². The van der Waals surface area contributed by atoms with Crippen LogP contribution in [-0.2, 0) is 7.05 Å². The molecule has 0 aliphatic carbocycles. The fourth-order valence-corrected chi connectivity index (χ4v) is 4.03. The number of carbonyl (C=O) groups is 1. The number of pyridine rings is 1. The summed E-state index contributed by atoms with van der Waals surface area (Å²) in [6.07, 6.45) is 3.61. The van der Waals surface area contributed by atoms with E-state index in [1.54, 1.807) is 24.0 Å². The number of aromatic nitrogens is 3. The molecule has 1 amide bonds. The molecule has 1 aromatic carbocycles. The zero-order valence-electron chi connectivity index (χ0n) is 18.6. The first-order valence-corrected chi connectivity index (χ1v) is 10.6. The molecular formula is C24H29N5O2. The fourth-order valence-electron chi connectivity index (χ4n) is 4.03. The number of hydrogen-bond acceptors (Lipinski definition) is 5. The maximum absolute atomic E-state index is 12.9. The third-order valence-corrected chi connectivity index (χ3v) is 5.70. The Labute approximate surface area is 183 Å². The summed E-state index contributed by atoms with van der Waals surface area (Å²) in [5.74, 6) is 1.77. The van der Waals surface area contributed by atoms with Gasteiger partial charge in [-0.25, -0.2) is 0 Å². The average Bonchev–Trinajstić information content (AvgIpc) is 3.19. The van der Waals surface area contributed by atoms with Crippen LogP contribution < -0.4 is 9.64 Å². The Hall–Kier alpha value is -3.35. The van der Waals surface area contributed by atoms with Crippen LogP contribution >= 0.6 is 0 Å². The first-order valence-electron chi connectivity index (χ1n) is 10.6. The van der Waals surface area contributed by atoms with Gasteiger partial charge >= 0.3 is 0 Å². The fraction of sp³-hybridized carbons (Fsp3) is 0.375. The highest BCUT2D eigenvalue weighted by Gasteiger charge is 2.28. The zero-order chi connectivity index (χ0) is 22.0. The first-order chi connectivity index (χ1) is 14.9. The van der Waals surface area contributed by atoms with Crippen LogP contribution in [0.3, 0.4) is 0 Å². The molecule has 3 heterocycles. The number of nitrogens with zero attached hydrogens (tertiary/aromatic N) is 5. The Morgan fingerprint density at radius 3 is 2.58 bits per heavy atom. The van der Waals surface area contributed by atoms with Crippen molar-refractivity contribution >= 4 is 11.6 Å². The molecule has 1 aliphatic heterocycles. The Balaban J connectivity index is 1.51. The van der Waals surface area contributed by atoms with Crippen molar-refractivity contribution in [3.8, 4) is 11.5 Å². The number of hydrogen-bond donors (Lipinski definition) is 0. The maximum Gasteiger partial charge on any atom is 0.272 e. The SMILES string of the molecule is Cc1cc(Oc2ccc(N(C)C)cc2)cc([C@@H]2CCCN(C(=O)c3ccnn3C)C2)n1. The van der Waals surface area contributed by atoms with E-state index in [0.29, 0.717) is 12.2 Å². The molecule has 31 heavy (non-hydrogen) atoms. The second kappa shape index (κ2) is 8.79. The number of benzene rings is 1. The average molecular weight is 420 g/mol. The monoisotopic (exact) mass is 419 g/mol. The molecule has 1 fully saturated rings. The summed E-state index contributed by atoms with van der Waals surface area (Å²) >= 11 is 0. The van der Waals surface area contributed by atoms with Gasteiger partial charge in [-0.05, 0) is 50.1 Å². The van der Waals surface area contributed by atoms with Crippen molar-refractivity contribution < 1.29 is 9.53 Å². The molecule has 162 valence electrons. The highest BCUT2D eigenvalue weighted by molar-refractivity contribution is 5.92. The lowest BCUT2D eigenvalue weighted by Gasteiger charge is -2.32. The van der Waals surface area contributed by atoms with Gasteiger partial charge in [0.2, 0.25) is 0 Å². The van der Waals surface area contributed by atoms with Gasteiger partial charge in [0.05, 0.1) is 0 Å². The number of ether oxygens (including phenoxy) is 1. The normalized spacial score (nSPS) is 16.3. The minimum Gasteiger partial charge on any atom is -0.457 e.